The van der Waals surface area contributed by atoms with Gasteiger partial charge in [-0.3, -0.25) is 0 Å². The van der Waals surface area contributed by atoms with Crippen LogP contribution in [-0.4, -0.2) is 0 Å². The smallest absolute Gasteiger partial charge is 0.129 e. The molecule has 0 aromatic heterocycles. The molecule has 0 spiro atoms. The first-order valence-electron chi connectivity index (χ1n) is 3.57. The van der Waals surface area contributed by atoms with Crippen molar-refractivity contribution in [1.82, 2.24) is 0 Å². The lowest BCUT2D eigenvalue weighted by Crippen LogP contribution is -1.96. The zero-order valence-corrected chi connectivity index (χ0v) is 6.57. The van der Waals surface area contributed by atoms with E-state index < -0.39 is 11.6 Å². The zero-order valence-electron chi connectivity index (χ0n) is 6.57. The maximum absolute atomic E-state index is 12.9. The molecule has 60 valence electrons. The molecule has 11 heavy (non-hydrogen) atoms. The molecule has 0 bridgehead atoms. The predicted octanol–water partition coefficient (Wildman–Crippen LogP) is 3.09. The largest absolute Gasteiger partial charge is 0.207 e. The Morgan fingerprint density at radius 1 is 1.09 bits per heavy atom. The molecule has 0 aliphatic heterocycles. The highest BCUT2D eigenvalue weighted by Crippen LogP contribution is 2.20. The third-order valence-electron chi connectivity index (χ3n) is 1.58. The summed E-state index contributed by atoms with van der Waals surface area (Å²) in [5.74, 6) is -1.02. The van der Waals surface area contributed by atoms with E-state index in [0.29, 0.717) is 0 Å². The zero-order chi connectivity index (χ0) is 8.43. The first-order valence-corrected chi connectivity index (χ1v) is 3.57. The lowest BCUT2D eigenvalue weighted by molar-refractivity contribution is 0.542. The van der Waals surface area contributed by atoms with Gasteiger partial charge in [-0.05, 0) is 18.1 Å². The minimum absolute atomic E-state index is 0.101. The maximum atomic E-state index is 12.9. The van der Waals surface area contributed by atoms with Crippen LogP contribution < -0.4 is 0 Å². The highest BCUT2D eigenvalue weighted by Gasteiger charge is 2.10. The summed E-state index contributed by atoms with van der Waals surface area (Å²) in [6.07, 6.45) is 0. The standard InChI is InChI=1S/C9H10F2/c1-6(2)9-7(10)4-3-5-8(9)11/h3-6H,1-2H3. The van der Waals surface area contributed by atoms with Crippen LogP contribution in [-0.2, 0) is 0 Å². The second kappa shape index (κ2) is 2.99. The van der Waals surface area contributed by atoms with Gasteiger partial charge < -0.3 is 0 Å². The molecule has 0 N–H and O–H groups in total. The monoisotopic (exact) mass is 156 g/mol. The van der Waals surface area contributed by atoms with E-state index in [0.717, 1.165) is 0 Å². The predicted molar refractivity (Wildman–Crippen MR) is 40.4 cm³/mol. The van der Waals surface area contributed by atoms with E-state index in [4.69, 9.17) is 0 Å². The van der Waals surface area contributed by atoms with Gasteiger partial charge in [-0.2, -0.15) is 0 Å². The molecule has 1 aromatic rings. The number of halogens is 2. The molecule has 0 heterocycles. The fourth-order valence-corrected chi connectivity index (χ4v) is 1.06. The summed E-state index contributed by atoms with van der Waals surface area (Å²) in [7, 11) is 0. The summed E-state index contributed by atoms with van der Waals surface area (Å²) in [6, 6.07) is 3.92. The average molecular weight is 156 g/mol. The number of benzene rings is 1. The minimum Gasteiger partial charge on any atom is -0.207 e. The summed E-state index contributed by atoms with van der Waals surface area (Å²) < 4.78 is 25.7. The van der Waals surface area contributed by atoms with Gasteiger partial charge in [0, 0.05) is 5.56 Å². The number of rotatable bonds is 1. The Morgan fingerprint density at radius 3 is 1.82 bits per heavy atom. The third kappa shape index (κ3) is 1.56. The van der Waals surface area contributed by atoms with Crippen molar-refractivity contribution in [3.8, 4) is 0 Å². The van der Waals surface area contributed by atoms with Crippen LogP contribution in [0.15, 0.2) is 18.2 Å². The summed E-state index contributed by atoms with van der Waals surface area (Å²) in [5, 5.41) is 0. The molecule has 0 saturated carbocycles. The van der Waals surface area contributed by atoms with E-state index in [1.165, 1.54) is 18.2 Å². The SMILES string of the molecule is CC(C)c1c(F)cccc1F. The van der Waals surface area contributed by atoms with Crippen molar-refractivity contribution in [2.75, 3.05) is 0 Å². The van der Waals surface area contributed by atoms with Crippen LogP contribution in [0.1, 0.15) is 25.3 Å². The van der Waals surface area contributed by atoms with Crippen LogP contribution in [0.5, 0.6) is 0 Å². The van der Waals surface area contributed by atoms with Gasteiger partial charge >= 0.3 is 0 Å². The molecule has 0 fully saturated rings. The van der Waals surface area contributed by atoms with E-state index >= 15 is 0 Å². The Labute approximate surface area is 64.9 Å². The topological polar surface area (TPSA) is 0 Å². The van der Waals surface area contributed by atoms with Gasteiger partial charge in [-0.15, -0.1) is 0 Å². The quantitative estimate of drug-likeness (QED) is 0.586. The molecule has 0 nitrogen and oxygen atoms in total. The first-order chi connectivity index (χ1) is 5.13. The fraction of sp³-hybridized carbons (Fsp3) is 0.333. The molecule has 2 heteroatoms. The van der Waals surface area contributed by atoms with Gasteiger partial charge in [0.25, 0.3) is 0 Å². The van der Waals surface area contributed by atoms with Gasteiger partial charge in [0.15, 0.2) is 0 Å². The molecule has 0 atom stereocenters. The van der Waals surface area contributed by atoms with Gasteiger partial charge in [0.1, 0.15) is 11.6 Å². The Hall–Kier alpha value is -0.920. The van der Waals surface area contributed by atoms with Gasteiger partial charge in [0.05, 0.1) is 0 Å². The first kappa shape index (κ1) is 8.18. The van der Waals surface area contributed by atoms with Gasteiger partial charge in [0.2, 0.25) is 0 Å². The summed E-state index contributed by atoms with van der Waals surface area (Å²) >= 11 is 0. The lowest BCUT2D eigenvalue weighted by atomic mass is 10.0. The van der Waals surface area contributed by atoms with Crippen molar-refractivity contribution >= 4 is 0 Å². The van der Waals surface area contributed by atoms with Crippen molar-refractivity contribution in [3.05, 3.63) is 35.4 Å². The third-order valence-corrected chi connectivity index (χ3v) is 1.58. The average Bonchev–Trinajstić information content (AvgIpc) is 1.85. The van der Waals surface area contributed by atoms with Crippen molar-refractivity contribution in [1.29, 1.82) is 0 Å². The van der Waals surface area contributed by atoms with Crippen LogP contribution >= 0.6 is 0 Å². The van der Waals surface area contributed by atoms with Crippen molar-refractivity contribution in [2.24, 2.45) is 0 Å². The van der Waals surface area contributed by atoms with E-state index in [9.17, 15) is 8.78 Å². The summed E-state index contributed by atoms with van der Waals surface area (Å²) in [4.78, 5) is 0. The lowest BCUT2D eigenvalue weighted by Gasteiger charge is -2.06. The Bertz CT molecular complexity index is 233. The summed E-state index contributed by atoms with van der Waals surface area (Å²) in [6.45, 7) is 3.53. The second-order valence-electron chi connectivity index (χ2n) is 2.79. The molecule has 1 aromatic carbocycles. The summed E-state index contributed by atoms with van der Waals surface area (Å²) in [5.41, 5.74) is 0.174. The number of hydrogen-bond acceptors (Lipinski definition) is 0. The Morgan fingerprint density at radius 2 is 1.55 bits per heavy atom. The van der Waals surface area contributed by atoms with Crippen LogP contribution in [0.2, 0.25) is 0 Å². The fourth-order valence-electron chi connectivity index (χ4n) is 1.06. The molecular formula is C9H10F2. The van der Waals surface area contributed by atoms with Crippen molar-refractivity contribution in [2.45, 2.75) is 19.8 Å². The number of hydrogen-bond donors (Lipinski definition) is 0. The molecule has 0 aliphatic carbocycles. The Balaban J connectivity index is 3.21. The van der Waals surface area contributed by atoms with Crippen molar-refractivity contribution in [3.63, 3.8) is 0 Å². The molecule has 0 radical (unpaired) electrons. The van der Waals surface area contributed by atoms with E-state index in [-0.39, 0.29) is 11.5 Å². The van der Waals surface area contributed by atoms with Crippen LogP contribution in [0, 0.1) is 11.6 Å². The van der Waals surface area contributed by atoms with Crippen LogP contribution in [0.3, 0.4) is 0 Å². The van der Waals surface area contributed by atoms with E-state index in [1.54, 1.807) is 13.8 Å². The van der Waals surface area contributed by atoms with Crippen LogP contribution in [0.25, 0.3) is 0 Å². The highest BCUT2D eigenvalue weighted by atomic mass is 19.1. The molecule has 0 unspecified atom stereocenters. The van der Waals surface area contributed by atoms with Crippen LogP contribution in [0.4, 0.5) is 8.78 Å². The Kier molecular flexibility index (Phi) is 2.22. The minimum atomic E-state index is -0.458. The molecule has 1 rings (SSSR count). The molecule has 0 amide bonds. The maximum Gasteiger partial charge on any atom is 0.129 e. The van der Waals surface area contributed by atoms with Crippen molar-refractivity contribution < 1.29 is 8.78 Å². The molecular weight excluding hydrogens is 146 g/mol. The van der Waals surface area contributed by atoms with Gasteiger partial charge in [-0.1, -0.05) is 19.9 Å². The highest BCUT2D eigenvalue weighted by molar-refractivity contribution is 5.22. The second-order valence-corrected chi connectivity index (χ2v) is 2.79. The van der Waals surface area contributed by atoms with Gasteiger partial charge in [-0.25, -0.2) is 8.78 Å². The van der Waals surface area contributed by atoms with E-state index in [1.807, 2.05) is 0 Å². The normalized spacial score (nSPS) is 10.6. The molecule has 0 aliphatic rings. The van der Waals surface area contributed by atoms with E-state index in [2.05, 4.69) is 0 Å². The molecule has 0 saturated heterocycles.